The molecule has 2 bridgehead atoms. The van der Waals surface area contributed by atoms with E-state index in [2.05, 4.69) is 34.1 Å². The molecule has 0 unspecified atom stereocenters. The van der Waals surface area contributed by atoms with Crippen molar-refractivity contribution in [1.82, 2.24) is 4.90 Å². The summed E-state index contributed by atoms with van der Waals surface area (Å²) in [7, 11) is 0. The average molecular weight is 303 g/mol. The van der Waals surface area contributed by atoms with Crippen LogP contribution < -0.4 is 4.90 Å². The maximum absolute atomic E-state index is 5.97. The molecule has 3 atom stereocenters. The van der Waals surface area contributed by atoms with E-state index >= 15 is 0 Å². The van der Waals surface area contributed by atoms with Gasteiger partial charge in [0.2, 0.25) is 0 Å². The van der Waals surface area contributed by atoms with Crippen molar-refractivity contribution in [3.63, 3.8) is 0 Å². The molecule has 21 heavy (non-hydrogen) atoms. The van der Waals surface area contributed by atoms with E-state index in [1.165, 1.54) is 38.2 Å². The van der Waals surface area contributed by atoms with Gasteiger partial charge < -0.3 is 4.90 Å². The Morgan fingerprint density at radius 1 is 0.952 bits per heavy atom. The minimum absolute atomic E-state index is 0.821. The van der Waals surface area contributed by atoms with Gasteiger partial charge in [0.1, 0.15) is 0 Å². The number of allylic oxidation sites excluding steroid dienone is 2. The van der Waals surface area contributed by atoms with Crippen LogP contribution in [0.15, 0.2) is 36.4 Å². The first-order chi connectivity index (χ1) is 10.3. The molecule has 0 radical (unpaired) electrons. The Labute approximate surface area is 132 Å². The number of hydrogen-bond acceptors (Lipinski definition) is 2. The van der Waals surface area contributed by atoms with Crippen LogP contribution >= 0.6 is 11.6 Å². The Morgan fingerprint density at radius 3 is 2.33 bits per heavy atom. The van der Waals surface area contributed by atoms with E-state index in [-0.39, 0.29) is 0 Å². The molecule has 0 aromatic heterocycles. The quantitative estimate of drug-likeness (QED) is 0.786. The predicted molar refractivity (Wildman–Crippen MR) is 88.9 cm³/mol. The highest BCUT2D eigenvalue weighted by atomic mass is 35.5. The molecule has 2 aliphatic carbocycles. The molecule has 0 amide bonds. The number of nitrogens with zero attached hydrogens (tertiary/aromatic N) is 2. The molecule has 0 N–H and O–H groups in total. The lowest BCUT2D eigenvalue weighted by molar-refractivity contribution is 0.204. The van der Waals surface area contributed by atoms with Crippen molar-refractivity contribution < 1.29 is 0 Å². The Bertz CT molecular complexity index is 517. The van der Waals surface area contributed by atoms with Gasteiger partial charge in [-0.2, -0.15) is 0 Å². The molecular weight excluding hydrogens is 280 g/mol. The first kappa shape index (κ1) is 13.7. The van der Waals surface area contributed by atoms with Gasteiger partial charge in [0.25, 0.3) is 0 Å². The molecule has 3 aliphatic rings. The fourth-order valence-electron chi connectivity index (χ4n) is 4.28. The first-order valence-corrected chi connectivity index (χ1v) is 8.57. The van der Waals surface area contributed by atoms with Gasteiger partial charge in [-0.3, -0.25) is 4.90 Å². The summed E-state index contributed by atoms with van der Waals surface area (Å²) in [5, 5.41) is 0.821. The third-order valence-electron chi connectivity index (χ3n) is 5.47. The second kappa shape index (κ2) is 5.66. The summed E-state index contributed by atoms with van der Waals surface area (Å²) in [6.07, 6.45) is 7.77. The maximum atomic E-state index is 5.97. The van der Waals surface area contributed by atoms with Gasteiger partial charge in [-0.25, -0.2) is 0 Å². The molecule has 1 saturated carbocycles. The standard InChI is InChI=1S/C18H23ClN2/c19-17-3-5-18(6-4-17)21-9-7-20(8-10-21)13-16-12-14-1-2-15(16)11-14/h1-6,14-16H,7-13H2/t14-,15-,16-/m0/s1. The van der Waals surface area contributed by atoms with Crippen molar-refractivity contribution in [2.75, 3.05) is 37.6 Å². The molecule has 3 heteroatoms. The lowest BCUT2D eigenvalue weighted by Crippen LogP contribution is -2.48. The highest BCUT2D eigenvalue weighted by molar-refractivity contribution is 6.30. The zero-order valence-corrected chi connectivity index (χ0v) is 13.2. The summed E-state index contributed by atoms with van der Waals surface area (Å²) in [6, 6.07) is 8.26. The van der Waals surface area contributed by atoms with Crippen LogP contribution in [0, 0.1) is 17.8 Å². The van der Waals surface area contributed by atoms with E-state index in [4.69, 9.17) is 11.6 Å². The van der Waals surface area contributed by atoms with E-state index < -0.39 is 0 Å². The van der Waals surface area contributed by atoms with Crippen LogP contribution in [0.2, 0.25) is 5.02 Å². The van der Waals surface area contributed by atoms with Crippen molar-refractivity contribution in [1.29, 1.82) is 0 Å². The van der Waals surface area contributed by atoms with Gasteiger partial charge in [-0.1, -0.05) is 23.8 Å². The van der Waals surface area contributed by atoms with E-state index in [1.54, 1.807) is 0 Å². The SMILES string of the molecule is Clc1ccc(N2CCN(C[C@@H]3C[C@H]4C=C[C@H]3C4)CC2)cc1. The van der Waals surface area contributed by atoms with Crippen LogP contribution in [0.4, 0.5) is 5.69 Å². The second-order valence-corrected chi connectivity index (χ2v) is 7.24. The lowest BCUT2D eigenvalue weighted by atomic mass is 9.93. The minimum atomic E-state index is 0.821. The Morgan fingerprint density at radius 2 is 1.71 bits per heavy atom. The Kier molecular flexibility index (Phi) is 3.68. The van der Waals surface area contributed by atoms with Gasteiger partial charge in [0, 0.05) is 43.4 Å². The van der Waals surface area contributed by atoms with E-state index in [1.807, 2.05) is 12.1 Å². The number of halogens is 1. The zero-order chi connectivity index (χ0) is 14.2. The zero-order valence-electron chi connectivity index (χ0n) is 12.4. The minimum Gasteiger partial charge on any atom is -0.369 e. The van der Waals surface area contributed by atoms with E-state index in [9.17, 15) is 0 Å². The molecular formula is C18H23ClN2. The summed E-state index contributed by atoms with van der Waals surface area (Å²) in [5.41, 5.74) is 1.31. The summed E-state index contributed by atoms with van der Waals surface area (Å²) in [6.45, 7) is 5.97. The van der Waals surface area contributed by atoms with Crippen LogP contribution in [-0.2, 0) is 0 Å². The molecule has 1 saturated heterocycles. The number of piperazine rings is 1. The van der Waals surface area contributed by atoms with Crippen molar-refractivity contribution in [2.45, 2.75) is 12.8 Å². The monoisotopic (exact) mass is 302 g/mol. The number of rotatable bonds is 3. The average Bonchev–Trinajstić information content (AvgIpc) is 3.12. The Hall–Kier alpha value is -0.990. The largest absolute Gasteiger partial charge is 0.369 e. The summed E-state index contributed by atoms with van der Waals surface area (Å²) in [5.74, 6) is 2.70. The van der Waals surface area contributed by atoms with Gasteiger partial charge in [-0.15, -0.1) is 0 Å². The van der Waals surface area contributed by atoms with Crippen molar-refractivity contribution >= 4 is 17.3 Å². The molecule has 1 aromatic rings. The van der Waals surface area contributed by atoms with Gasteiger partial charge in [0.15, 0.2) is 0 Å². The van der Waals surface area contributed by atoms with Gasteiger partial charge in [-0.05, 0) is 54.9 Å². The van der Waals surface area contributed by atoms with E-state index in [0.29, 0.717) is 0 Å². The van der Waals surface area contributed by atoms with Crippen LogP contribution in [0.1, 0.15) is 12.8 Å². The molecule has 2 fully saturated rings. The highest BCUT2D eigenvalue weighted by Gasteiger charge is 2.36. The number of benzene rings is 1. The highest BCUT2D eigenvalue weighted by Crippen LogP contribution is 2.43. The molecule has 0 spiro atoms. The summed E-state index contributed by atoms with van der Waals surface area (Å²) < 4.78 is 0. The van der Waals surface area contributed by atoms with Crippen LogP contribution in [0.3, 0.4) is 0 Å². The molecule has 1 aromatic carbocycles. The molecule has 112 valence electrons. The topological polar surface area (TPSA) is 6.48 Å². The maximum Gasteiger partial charge on any atom is 0.0407 e. The fraction of sp³-hybridized carbons (Fsp3) is 0.556. The Balaban J connectivity index is 1.30. The predicted octanol–water partition coefficient (Wildman–Crippen LogP) is 3.67. The smallest absolute Gasteiger partial charge is 0.0407 e. The number of fused-ring (bicyclic) bond motifs is 2. The summed E-state index contributed by atoms with van der Waals surface area (Å²) >= 11 is 5.97. The van der Waals surface area contributed by atoms with Crippen molar-refractivity contribution in [3.8, 4) is 0 Å². The molecule has 1 heterocycles. The first-order valence-electron chi connectivity index (χ1n) is 8.19. The normalized spacial score (nSPS) is 32.0. The number of hydrogen-bond donors (Lipinski definition) is 0. The van der Waals surface area contributed by atoms with Crippen molar-refractivity contribution in [3.05, 3.63) is 41.4 Å². The van der Waals surface area contributed by atoms with Crippen molar-refractivity contribution in [2.24, 2.45) is 17.8 Å². The fourth-order valence-corrected chi connectivity index (χ4v) is 4.40. The molecule has 2 nitrogen and oxygen atoms in total. The molecule has 4 rings (SSSR count). The van der Waals surface area contributed by atoms with Crippen LogP contribution in [0.25, 0.3) is 0 Å². The third kappa shape index (κ3) is 2.84. The lowest BCUT2D eigenvalue weighted by Gasteiger charge is -2.38. The van der Waals surface area contributed by atoms with Gasteiger partial charge >= 0.3 is 0 Å². The van der Waals surface area contributed by atoms with Crippen LogP contribution in [0.5, 0.6) is 0 Å². The third-order valence-corrected chi connectivity index (χ3v) is 5.73. The number of anilines is 1. The second-order valence-electron chi connectivity index (χ2n) is 6.80. The van der Waals surface area contributed by atoms with Crippen LogP contribution in [-0.4, -0.2) is 37.6 Å². The van der Waals surface area contributed by atoms with E-state index in [0.717, 1.165) is 35.9 Å². The van der Waals surface area contributed by atoms with Gasteiger partial charge in [0.05, 0.1) is 0 Å². The molecule has 1 aliphatic heterocycles. The summed E-state index contributed by atoms with van der Waals surface area (Å²) in [4.78, 5) is 5.15.